The minimum Gasteiger partial charge on any atom is -0.395 e. The van der Waals surface area contributed by atoms with Gasteiger partial charge in [-0.2, -0.15) is 0 Å². The molecule has 0 rings (SSSR count). The van der Waals surface area contributed by atoms with Gasteiger partial charge in [0, 0.05) is 13.1 Å². The van der Waals surface area contributed by atoms with Crippen molar-refractivity contribution in [2.75, 3.05) is 32.8 Å². The summed E-state index contributed by atoms with van der Waals surface area (Å²) in [7, 11) is 0. The quantitative estimate of drug-likeness (QED) is 0.512. The molecule has 0 aromatic carbocycles. The molecule has 0 radical (unpaired) electrons. The fourth-order valence-corrected chi connectivity index (χ4v) is 1.59. The Morgan fingerprint density at radius 3 is 2.37 bits per heavy atom. The first-order valence-electron chi connectivity index (χ1n) is 7.04. The Labute approximate surface area is 115 Å². The predicted molar refractivity (Wildman–Crippen MR) is 74.9 cm³/mol. The lowest BCUT2D eigenvalue weighted by Crippen LogP contribution is -2.45. The Kier molecular flexibility index (Phi) is 11.2. The van der Waals surface area contributed by atoms with Gasteiger partial charge in [0.1, 0.15) is 0 Å². The summed E-state index contributed by atoms with van der Waals surface area (Å²) in [4.78, 5) is 24.9. The highest BCUT2D eigenvalue weighted by Gasteiger charge is 2.12. The maximum atomic E-state index is 11.6. The highest BCUT2D eigenvalue weighted by molar-refractivity contribution is 5.95. The van der Waals surface area contributed by atoms with Gasteiger partial charge in [0.05, 0.1) is 13.2 Å². The average molecular weight is 273 g/mol. The van der Waals surface area contributed by atoms with Crippen molar-refractivity contribution in [2.24, 2.45) is 0 Å². The van der Waals surface area contributed by atoms with E-state index in [9.17, 15) is 9.59 Å². The van der Waals surface area contributed by atoms with E-state index >= 15 is 0 Å². The summed E-state index contributed by atoms with van der Waals surface area (Å²) >= 11 is 0. The van der Waals surface area contributed by atoms with E-state index in [1.807, 2.05) is 11.8 Å². The Morgan fingerprint density at radius 2 is 1.79 bits per heavy atom. The number of urea groups is 1. The molecule has 0 aliphatic heterocycles. The SMILES string of the molecule is CCCCNC(=O)NC(=O)CN(CCO)CCCC. The highest BCUT2D eigenvalue weighted by atomic mass is 16.3. The molecular weight excluding hydrogens is 246 g/mol. The monoisotopic (exact) mass is 273 g/mol. The van der Waals surface area contributed by atoms with E-state index < -0.39 is 6.03 Å². The predicted octanol–water partition coefficient (Wildman–Crippen LogP) is 0.707. The fourth-order valence-electron chi connectivity index (χ4n) is 1.59. The first-order chi connectivity index (χ1) is 9.13. The van der Waals surface area contributed by atoms with Crippen LogP contribution in [0.3, 0.4) is 0 Å². The number of aliphatic hydroxyl groups excluding tert-OH is 1. The molecular formula is C13H27N3O3. The van der Waals surface area contributed by atoms with Crippen LogP contribution in [0.25, 0.3) is 0 Å². The van der Waals surface area contributed by atoms with Crippen molar-refractivity contribution in [1.29, 1.82) is 0 Å². The third-order valence-corrected chi connectivity index (χ3v) is 2.68. The lowest BCUT2D eigenvalue weighted by molar-refractivity contribution is -0.121. The smallest absolute Gasteiger partial charge is 0.321 e. The molecule has 0 aliphatic carbocycles. The van der Waals surface area contributed by atoms with Crippen molar-refractivity contribution in [2.45, 2.75) is 39.5 Å². The number of nitrogens with zero attached hydrogens (tertiary/aromatic N) is 1. The number of carbonyl (C=O) groups excluding carboxylic acids is 2. The van der Waals surface area contributed by atoms with E-state index in [1.54, 1.807) is 0 Å². The normalized spacial score (nSPS) is 10.5. The number of nitrogens with one attached hydrogen (secondary N) is 2. The largest absolute Gasteiger partial charge is 0.395 e. The van der Waals surface area contributed by atoms with Crippen molar-refractivity contribution >= 4 is 11.9 Å². The molecule has 6 nitrogen and oxygen atoms in total. The third-order valence-electron chi connectivity index (χ3n) is 2.68. The molecule has 19 heavy (non-hydrogen) atoms. The van der Waals surface area contributed by atoms with Gasteiger partial charge in [0.15, 0.2) is 0 Å². The standard InChI is InChI=1S/C13H27N3O3/c1-3-5-7-14-13(19)15-12(18)11-16(9-10-17)8-6-4-2/h17H,3-11H2,1-2H3,(H2,14,15,18,19). The zero-order chi connectivity index (χ0) is 14.5. The van der Waals surface area contributed by atoms with Crippen molar-refractivity contribution < 1.29 is 14.7 Å². The first kappa shape index (κ1) is 17.9. The van der Waals surface area contributed by atoms with Crippen LogP contribution in [-0.2, 0) is 4.79 Å². The van der Waals surface area contributed by atoms with Gasteiger partial charge >= 0.3 is 6.03 Å². The van der Waals surface area contributed by atoms with Crippen LogP contribution in [0.15, 0.2) is 0 Å². The number of amides is 3. The second kappa shape index (κ2) is 11.9. The second-order valence-corrected chi connectivity index (χ2v) is 4.51. The maximum absolute atomic E-state index is 11.6. The molecule has 0 atom stereocenters. The molecule has 6 heteroatoms. The van der Waals surface area contributed by atoms with Crippen LogP contribution in [0.5, 0.6) is 0 Å². The third kappa shape index (κ3) is 10.5. The number of carbonyl (C=O) groups is 2. The summed E-state index contributed by atoms with van der Waals surface area (Å²) in [5.74, 6) is -0.335. The molecule has 3 N–H and O–H groups in total. The lowest BCUT2D eigenvalue weighted by Gasteiger charge is -2.20. The van der Waals surface area contributed by atoms with Crippen LogP contribution in [0, 0.1) is 0 Å². The number of imide groups is 1. The molecule has 0 fully saturated rings. The van der Waals surface area contributed by atoms with Crippen molar-refractivity contribution in [3.8, 4) is 0 Å². The number of hydrogen-bond acceptors (Lipinski definition) is 4. The number of rotatable bonds is 10. The van der Waals surface area contributed by atoms with E-state index in [4.69, 9.17) is 5.11 Å². The molecule has 112 valence electrons. The minimum absolute atomic E-state index is 0.0136. The Morgan fingerprint density at radius 1 is 1.11 bits per heavy atom. The molecule has 0 spiro atoms. The van der Waals surface area contributed by atoms with Gasteiger partial charge in [0.2, 0.25) is 5.91 Å². The van der Waals surface area contributed by atoms with Gasteiger partial charge in [-0.3, -0.25) is 15.0 Å². The second-order valence-electron chi connectivity index (χ2n) is 4.51. The summed E-state index contributed by atoms with van der Waals surface area (Å²) in [5.41, 5.74) is 0. The van der Waals surface area contributed by atoms with E-state index in [-0.39, 0.29) is 19.1 Å². The highest BCUT2D eigenvalue weighted by Crippen LogP contribution is 1.94. The van der Waals surface area contributed by atoms with Gasteiger partial charge in [0.25, 0.3) is 0 Å². The Hall–Kier alpha value is -1.14. The van der Waals surface area contributed by atoms with Crippen LogP contribution in [-0.4, -0.2) is 54.7 Å². The van der Waals surface area contributed by atoms with Crippen LogP contribution < -0.4 is 10.6 Å². The van der Waals surface area contributed by atoms with Gasteiger partial charge in [-0.05, 0) is 19.4 Å². The summed E-state index contributed by atoms with van der Waals surface area (Å²) < 4.78 is 0. The molecule has 0 heterocycles. The van der Waals surface area contributed by atoms with Crippen molar-refractivity contribution in [1.82, 2.24) is 15.5 Å². The summed E-state index contributed by atoms with van der Waals surface area (Å²) in [6.07, 6.45) is 3.89. The van der Waals surface area contributed by atoms with Crippen LogP contribution >= 0.6 is 0 Å². The molecule has 3 amide bonds. The minimum atomic E-state index is -0.446. The van der Waals surface area contributed by atoms with E-state index in [2.05, 4.69) is 17.6 Å². The van der Waals surface area contributed by atoms with Gasteiger partial charge in [-0.1, -0.05) is 26.7 Å². The summed E-state index contributed by atoms with van der Waals surface area (Å²) in [6, 6.07) is -0.446. The van der Waals surface area contributed by atoms with Crippen LogP contribution in [0.2, 0.25) is 0 Å². The molecule has 0 saturated carbocycles. The zero-order valence-corrected chi connectivity index (χ0v) is 12.1. The van der Waals surface area contributed by atoms with Gasteiger partial charge in [-0.15, -0.1) is 0 Å². The molecule has 0 unspecified atom stereocenters. The van der Waals surface area contributed by atoms with Gasteiger partial charge < -0.3 is 10.4 Å². The number of unbranched alkanes of at least 4 members (excludes halogenated alkanes) is 2. The van der Waals surface area contributed by atoms with Crippen LogP contribution in [0.1, 0.15) is 39.5 Å². The first-order valence-corrected chi connectivity index (χ1v) is 7.04. The van der Waals surface area contributed by atoms with Gasteiger partial charge in [-0.25, -0.2) is 4.79 Å². The van der Waals surface area contributed by atoms with E-state index in [1.165, 1.54) is 0 Å². The lowest BCUT2D eigenvalue weighted by atomic mass is 10.3. The molecule has 0 saturated heterocycles. The Bertz CT molecular complexity index is 260. The molecule has 0 bridgehead atoms. The topological polar surface area (TPSA) is 81.7 Å². The number of aliphatic hydroxyl groups is 1. The van der Waals surface area contributed by atoms with Crippen LogP contribution in [0.4, 0.5) is 4.79 Å². The zero-order valence-electron chi connectivity index (χ0n) is 12.1. The van der Waals surface area contributed by atoms with E-state index in [0.717, 1.165) is 32.2 Å². The molecule has 0 aromatic heterocycles. The molecule has 0 aromatic rings. The Balaban J connectivity index is 3.93. The maximum Gasteiger partial charge on any atom is 0.321 e. The summed E-state index contributed by atoms with van der Waals surface area (Å²) in [6.45, 7) is 6.03. The van der Waals surface area contributed by atoms with Crippen molar-refractivity contribution in [3.63, 3.8) is 0 Å². The molecule has 0 aliphatic rings. The fraction of sp³-hybridized carbons (Fsp3) is 0.846. The number of hydrogen-bond donors (Lipinski definition) is 3. The van der Waals surface area contributed by atoms with Crippen molar-refractivity contribution in [3.05, 3.63) is 0 Å². The van der Waals surface area contributed by atoms with E-state index in [0.29, 0.717) is 13.1 Å². The summed E-state index contributed by atoms with van der Waals surface area (Å²) in [5, 5.41) is 13.8. The average Bonchev–Trinajstić information content (AvgIpc) is 2.36.